The molecule has 3 N–H and O–H groups in total. The third-order valence-corrected chi connectivity index (χ3v) is 0.659. The molecular weight excluding hydrogens is 174 g/mol. The summed E-state index contributed by atoms with van der Waals surface area (Å²) in [6, 6.07) is 0. The van der Waals surface area contributed by atoms with E-state index in [9.17, 15) is 14.4 Å². The first-order chi connectivity index (χ1) is 5.29. The van der Waals surface area contributed by atoms with Gasteiger partial charge in [0.25, 0.3) is 0 Å². The van der Waals surface area contributed by atoms with Crippen molar-refractivity contribution in [2.45, 2.75) is 20.0 Å². The van der Waals surface area contributed by atoms with Gasteiger partial charge in [-0.25, -0.2) is 9.59 Å². The fraction of sp³-hybridized carbons (Fsp3) is 0.500. The molecule has 0 radical (unpaired) electrons. The zero-order chi connectivity index (χ0) is 10.3. The third kappa shape index (κ3) is 11.4. The SMILES string of the molecule is [13CH3][13CH](O)[13C](=O)O.[13CH3][13C](=O)[13C](=O)O.[HH]. The number of aliphatic hydroxyl groups excluding tert-OH is 1. The number of ketones is 1. The van der Waals surface area contributed by atoms with E-state index < -0.39 is 23.8 Å². The van der Waals surface area contributed by atoms with Crippen LogP contribution in [0.5, 0.6) is 0 Å². The predicted molar refractivity (Wildman–Crippen MR) is 39.7 cm³/mol. The highest BCUT2D eigenvalue weighted by Crippen LogP contribution is 1.73. The Morgan fingerprint density at radius 2 is 1.42 bits per heavy atom. The van der Waals surface area contributed by atoms with Gasteiger partial charge in [0, 0.05) is 8.35 Å². The van der Waals surface area contributed by atoms with Gasteiger partial charge in [-0.2, -0.15) is 0 Å². The maximum atomic E-state index is 9.54. The molecule has 12 heavy (non-hydrogen) atoms. The maximum Gasteiger partial charge on any atom is 0.371 e. The van der Waals surface area contributed by atoms with Crippen LogP contribution in [0.1, 0.15) is 15.3 Å². The Morgan fingerprint density at radius 1 is 1.25 bits per heavy atom. The molecule has 0 aliphatic heterocycles. The molecular formula is C6H12O6. The van der Waals surface area contributed by atoms with Crippen LogP contribution in [0.4, 0.5) is 0 Å². The molecule has 1 unspecified atom stereocenters. The highest BCUT2D eigenvalue weighted by molar-refractivity contribution is 6.31. The molecule has 0 aromatic heterocycles. The molecule has 0 aromatic carbocycles. The second kappa shape index (κ2) is 6.29. The Kier molecular flexibility index (Phi) is 6.91. The number of carbonyl (C=O) groups is 3. The van der Waals surface area contributed by atoms with Gasteiger partial charge in [0.1, 0.15) is 6.10 Å². The first kappa shape index (κ1) is 13.2. The fourth-order valence-corrected chi connectivity index (χ4v) is 0. The molecule has 0 amide bonds. The number of rotatable bonds is 2. The molecule has 0 rings (SSSR count). The normalized spacial score (nSPS) is 10.6. The summed E-state index contributed by atoms with van der Waals surface area (Å²) >= 11 is 0. The number of aliphatic hydroxyl groups is 1. The number of Topliss-reactive ketones (excluding diaryl/α,β-unsaturated/α-hetero) is 1. The Morgan fingerprint density at radius 3 is 1.42 bits per heavy atom. The highest BCUT2D eigenvalue weighted by atomic mass is 16.5. The molecule has 0 heterocycles. The van der Waals surface area contributed by atoms with Crippen molar-refractivity contribution < 1.29 is 31.1 Å². The summed E-state index contributed by atoms with van der Waals surface area (Å²) in [4.78, 5) is 28.3. The molecule has 0 bridgehead atoms. The van der Waals surface area contributed by atoms with Crippen molar-refractivity contribution in [2.75, 3.05) is 0 Å². The van der Waals surface area contributed by atoms with E-state index in [0.717, 1.165) is 6.92 Å². The summed E-state index contributed by atoms with van der Waals surface area (Å²) in [7, 11) is 0. The first-order valence-corrected chi connectivity index (χ1v) is 2.93. The Hall–Kier alpha value is -1.43. The van der Waals surface area contributed by atoms with Crippen LogP contribution in [-0.4, -0.2) is 39.1 Å². The summed E-state index contributed by atoms with van der Waals surface area (Å²) < 4.78 is 0. The van der Waals surface area contributed by atoms with Gasteiger partial charge in [0.05, 0.1) is 0 Å². The summed E-state index contributed by atoms with van der Waals surface area (Å²) in [5, 5.41) is 23.4. The topological polar surface area (TPSA) is 112 Å². The molecule has 0 aliphatic carbocycles. The van der Waals surface area contributed by atoms with Crippen molar-refractivity contribution in [2.24, 2.45) is 0 Å². The van der Waals surface area contributed by atoms with Crippen molar-refractivity contribution >= 4 is 17.7 Å². The van der Waals surface area contributed by atoms with E-state index in [0.29, 0.717) is 0 Å². The molecule has 0 spiro atoms. The number of carboxylic acid groups (broad SMARTS) is 2. The fourth-order valence-electron chi connectivity index (χ4n) is 0. The largest absolute Gasteiger partial charge is 0.479 e. The lowest BCUT2D eigenvalue weighted by molar-refractivity contribution is -0.148. The zero-order valence-electron chi connectivity index (χ0n) is 6.64. The van der Waals surface area contributed by atoms with Gasteiger partial charge >= 0.3 is 11.9 Å². The quantitative estimate of drug-likeness (QED) is 0.390. The van der Waals surface area contributed by atoms with Crippen molar-refractivity contribution in [1.29, 1.82) is 0 Å². The lowest BCUT2D eigenvalue weighted by Crippen LogP contribution is -2.13. The lowest BCUT2D eigenvalue weighted by Gasteiger charge is -1.89. The van der Waals surface area contributed by atoms with Crippen molar-refractivity contribution in [3.63, 3.8) is 0 Å². The van der Waals surface area contributed by atoms with Crippen LogP contribution in [0.3, 0.4) is 0 Å². The minimum atomic E-state index is -1.38. The Bertz CT molecular complexity index is 176. The maximum absolute atomic E-state index is 9.54. The van der Waals surface area contributed by atoms with Crippen LogP contribution in [0, 0.1) is 0 Å². The number of carboxylic acids is 2. The van der Waals surface area contributed by atoms with Gasteiger partial charge in [0.2, 0.25) is 5.78 Å². The van der Waals surface area contributed by atoms with Crippen molar-refractivity contribution in [3.05, 3.63) is 0 Å². The molecule has 0 aliphatic rings. The molecule has 72 valence electrons. The second-order valence-electron chi connectivity index (χ2n) is 1.88. The smallest absolute Gasteiger partial charge is 0.371 e. The molecule has 0 saturated heterocycles. The average molecular weight is 186 g/mol. The molecule has 0 aromatic rings. The second-order valence-corrected chi connectivity index (χ2v) is 1.88. The molecule has 0 fully saturated rings. The number of aliphatic carboxylic acids is 2. The van der Waals surface area contributed by atoms with E-state index in [1.165, 1.54) is 6.92 Å². The van der Waals surface area contributed by atoms with Gasteiger partial charge in [0.15, 0.2) is 0 Å². The summed E-state index contributed by atoms with van der Waals surface area (Å²) in [5.41, 5.74) is 0. The van der Waals surface area contributed by atoms with E-state index in [1.54, 1.807) is 0 Å². The summed E-state index contributed by atoms with van der Waals surface area (Å²) in [6.07, 6.45) is -1.23. The molecule has 6 nitrogen and oxygen atoms in total. The zero-order valence-corrected chi connectivity index (χ0v) is 6.64. The summed E-state index contributed by atoms with van der Waals surface area (Å²) in [5.74, 6) is -3.39. The standard InChI is InChI=1S/C3H6O3.C3H4O3.H2/c2*1-2(4)3(5)6;/h2,4H,1H3,(H,5,6);1H3,(H,5,6);1H/i2*1+1,2+1,3+1;. The number of hydrogen-bond donors (Lipinski definition) is 3. The van der Waals surface area contributed by atoms with Gasteiger partial charge in [-0.15, -0.1) is 0 Å². The Labute approximate surface area is 69.9 Å². The van der Waals surface area contributed by atoms with Crippen LogP contribution < -0.4 is 0 Å². The van der Waals surface area contributed by atoms with E-state index in [4.69, 9.17) is 15.3 Å². The third-order valence-electron chi connectivity index (χ3n) is 0.659. The average Bonchev–Trinajstić information content (AvgIpc) is 1.88. The van der Waals surface area contributed by atoms with Crippen LogP contribution >= 0.6 is 0 Å². The molecule has 1 atom stereocenters. The van der Waals surface area contributed by atoms with Gasteiger partial charge in [-0.1, -0.05) is 0 Å². The highest BCUT2D eigenvalue weighted by Gasteiger charge is 2.01. The van der Waals surface area contributed by atoms with Gasteiger partial charge in [-0.3, -0.25) is 4.79 Å². The molecule has 0 saturated carbocycles. The minimum absolute atomic E-state index is 0. The Balaban J connectivity index is -0.000000143. The molecule has 6 heteroatoms. The monoisotopic (exact) mass is 186 g/mol. The van der Waals surface area contributed by atoms with Gasteiger partial charge in [-0.05, 0) is 6.92 Å². The van der Waals surface area contributed by atoms with Crippen LogP contribution in [0.25, 0.3) is 0 Å². The van der Waals surface area contributed by atoms with Crippen LogP contribution in [0.15, 0.2) is 0 Å². The van der Waals surface area contributed by atoms with Gasteiger partial charge < -0.3 is 15.3 Å². The minimum Gasteiger partial charge on any atom is -0.479 e. The van der Waals surface area contributed by atoms with Crippen LogP contribution in [-0.2, 0) is 14.4 Å². The van der Waals surface area contributed by atoms with Crippen molar-refractivity contribution in [3.8, 4) is 0 Å². The van der Waals surface area contributed by atoms with Crippen LogP contribution in [0.2, 0.25) is 0 Å². The first-order valence-electron chi connectivity index (χ1n) is 2.93. The number of hydrogen-bond acceptors (Lipinski definition) is 4. The summed E-state index contributed by atoms with van der Waals surface area (Å²) in [6.45, 7) is 2.20. The number of carbonyl (C=O) groups excluding carboxylic acids is 1. The predicted octanol–water partition coefficient (Wildman–Crippen LogP) is -0.642. The van der Waals surface area contributed by atoms with E-state index in [-0.39, 0.29) is 1.43 Å². The van der Waals surface area contributed by atoms with E-state index >= 15 is 0 Å². The van der Waals surface area contributed by atoms with E-state index in [2.05, 4.69) is 0 Å². The lowest BCUT2D eigenvalue weighted by atomic mass is 11.4. The van der Waals surface area contributed by atoms with Crippen molar-refractivity contribution in [1.82, 2.24) is 0 Å². The van der Waals surface area contributed by atoms with E-state index in [1.807, 2.05) is 0 Å².